The van der Waals surface area contributed by atoms with Crippen LogP contribution in [0.1, 0.15) is 19.2 Å². The molecule has 0 bridgehead atoms. The molecule has 0 aliphatic heterocycles. The van der Waals surface area contributed by atoms with Gasteiger partial charge in [0.1, 0.15) is 11.6 Å². The molecule has 0 amide bonds. The molecule has 0 saturated carbocycles. The van der Waals surface area contributed by atoms with Crippen molar-refractivity contribution in [3.63, 3.8) is 0 Å². The van der Waals surface area contributed by atoms with E-state index >= 15 is 0 Å². The van der Waals surface area contributed by atoms with Crippen molar-refractivity contribution < 1.29 is 13.2 Å². The van der Waals surface area contributed by atoms with E-state index in [2.05, 4.69) is 17.2 Å². The summed E-state index contributed by atoms with van der Waals surface area (Å²) in [5.74, 6) is -0.643. The van der Waals surface area contributed by atoms with E-state index in [9.17, 15) is 8.78 Å². The normalized spacial score (nSPS) is 11.0. The summed E-state index contributed by atoms with van der Waals surface area (Å²) < 4.78 is 32.5. The van der Waals surface area contributed by atoms with E-state index in [4.69, 9.17) is 16.0 Å². The lowest BCUT2D eigenvalue weighted by Gasteiger charge is -2.01. The second-order valence-corrected chi connectivity index (χ2v) is 4.77. The van der Waals surface area contributed by atoms with Crippen molar-refractivity contribution in [2.45, 2.75) is 19.8 Å². The summed E-state index contributed by atoms with van der Waals surface area (Å²) in [6.45, 7) is 3.73. The van der Waals surface area contributed by atoms with E-state index in [1.165, 1.54) is 6.20 Å². The van der Waals surface area contributed by atoms with Gasteiger partial charge in [-0.2, -0.15) is 0 Å². The predicted octanol–water partition coefficient (Wildman–Crippen LogP) is 3.82. The fourth-order valence-electron chi connectivity index (χ4n) is 1.76. The van der Waals surface area contributed by atoms with Crippen molar-refractivity contribution in [1.29, 1.82) is 0 Å². The third kappa shape index (κ3) is 3.55. The van der Waals surface area contributed by atoms with Crippen LogP contribution in [-0.2, 0) is 6.42 Å². The molecule has 2 rings (SSSR count). The largest absolute Gasteiger partial charge is 0.441 e. The number of hydrogen-bond donors (Lipinski definition) is 1. The standard InChI is InChI=1S/C14H15ClF2N2O/c1-2-4-18-5-3-14-19-8-13(20-14)9-6-12(17)10(15)7-11(9)16/h6-8,18H,2-5H2,1H3. The van der Waals surface area contributed by atoms with Crippen LogP contribution in [0.15, 0.2) is 22.7 Å². The Balaban J connectivity index is 2.10. The molecule has 1 N–H and O–H groups in total. The average molecular weight is 301 g/mol. The van der Waals surface area contributed by atoms with Crippen LogP contribution in [0.4, 0.5) is 8.78 Å². The maximum atomic E-state index is 13.7. The SMILES string of the molecule is CCCNCCc1ncc(-c2cc(F)c(Cl)cc2F)o1. The quantitative estimate of drug-likeness (QED) is 0.651. The fraction of sp³-hybridized carbons (Fsp3) is 0.357. The number of rotatable bonds is 6. The number of halogens is 3. The first-order chi connectivity index (χ1) is 9.61. The Hall–Kier alpha value is -1.46. The van der Waals surface area contributed by atoms with E-state index in [1.807, 2.05) is 0 Å². The monoisotopic (exact) mass is 300 g/mol. The van der Waals surface area contributed by atoms with Gasteiger partial charge in [-0.15, -0.1) is 0 Å². The molecule has 0 unspecified atom stereocenters. The topological polar surface area (TPSA) is 38.1 Å². The molecule has 6 heteroatoms. The third-order valence-corrected chi connectivity index (χ3v) is 3.06. The molecule has 1 heterocycles. The summed E-state index contributed by atoms with van der Waals surface area (Å²) in [5.41, 5.74) is 0.0205. The molecule has 20 heavy (non-hydrogen) atoms. The van der Waals surface area contributed by atoms with E-state index in [1.54, 1.807) is 0 Å². The minimum atomic E-state index is -0.689. The number of benzene rings is 1. The van der Waals surface area contributed by atoms with Crippen LogP contribution in [0.5, 0.6) is 0 Å². The molecule has 0 aliphatic rings. The highest BCUT2D eigenvalue weighted by atomic mass is 35.5. The maximum Gasteiger partial charge on any atom is 0.196 e. The van der Waals surface area contributed by atoms with Gasteiger partial charge in [-0.1, -0.05) is 18.5 Å². The van der Waals surface area contributed by atoms with Crippen molar-refractivity contribution in [2.24, 2.45) is 0 Å². The van der Waals surface area contributed by atoms with E-state index in [0.29, 0.717) is 12.3 Å². The summed E-state index contributed by atoms with van der Waals surface area (Å²) in [4.78, 5) is 4.05. The predicted molar refractivity (Wildman–Crippen MR) is 73.7 cm³/mol. The van der Waals surface area contributed by atoms with Crippen molar-refractivity contribution in [1.82, 2.24) is 10.3 Å². The lowest BCUT2D eigenvalue weighted by molar-refractivity contribution is 0.491. The molecular weight excluding hydrogens is 286 g/mol. The highest BCUT2D eigenvalue weighted by molar-refractivity contribution is 6.30. The lowest BCUT2D eigenvalue weighted by Crippen LogP contribution is -2.17. The molecule has 108 valence electrons. The molecule has 0 atom stereocenters. The second-order valence-electron chi connectivity index (χ2n) is 4.36. The van der Waals surface area contributed by atoms with Gasteiger partial charge in [0.15, 0.2) is 11.7 Å². The summed E-state index contributed by atoms with van der Waals surface area (Å²) in [7, 11) is 0. The van der Waals surface area contributed by atoms with E-state index < -0.39 is 11.6 Å². The average Bonchev–Trinajstić information content (AvgIpc) is 2.87. The molecule has 1 aromatic heterocycles. The van der Waals surface area contributed by atoms with Crippen LogP contribution in [0, 0.1) is 11.6 Å². The zero-order chi connectivity index (χ0) is 14.5. The van der Waals surface area contributed by atoms with Gasteiger partial charge < -0.3 is 9.73 Å². The number of hydrogen-bond acceptors (Lipinski definition) is 3. The highest BCUT2D eigenvalue weighted by Crippen LogP contribution is 2.28. The van der Waals surface area contributed by atoms with Gasteiger partial charge in [0.2, 0.25) is 0 Å². The summed E-state index contributed by atoms with van der Waals surface area (Å²) in [6.07, 6.45) is 3.03. The van der Waals surface area contributed by atoms with E-state index in [0.717, 1.165) is 31.6 Å². The lowest BCUT2D eigenvalue weighted by atomic mass is 10.1. The molecule has 0 fully saturated rings. The Morgan fingerprint density at radius 3 is 2.80 bits per heavy atom. The van der Waals surface area contributed by atoms with Crippen LogP contribution in [0.2, 0.25) is 5.02 Å². The maximum absolute atomic E-state index is 13.7. The van der Waals surface area contributed by atoms with Crippen LogP contribution >= 0.6 is 11.6 Å². The fourth-order valence-corrected chi connectivity index (χ4v) is 1.91. The zero-order valence-electron chi connectivity index (χ0n) is 11.0. The number of oxazole rings is 1. The van der Waals surface area contributed by atoms with Crippen LogP contribution in [-0.4, -0.2) is 18.1 Å². The molecule has 0 saturated heterocycles. The van der Waals surface area contributed by atoms with Crippen molar-refractivity contribution in [2.75, 3.05) is 13.1 Å². The van der Waals surface area contributed by atoms with Gasteiger partial charge in [-0.3, -0.25) is 0 Å². The molecule has 3 nitrogen and oxygen atoms in total. The number of nitrogens with zero attached hydrogens (tertiary/aromatic N) is 1. The van der Waals surface area contributed by atoms with Crippen LogP contribution in [0.25, 0.3) is 11.3 Å². The first-order valence-corrected chi connectivity index (χ1v) is 6.80. The molecule has 2 aromatic rings. The molecule has 0 aliphatic carbocycles. The van der Waals surface area contributed by atoms with Crippen molar-refractivity contribution in [3.8, 4) is 11.3 Å². The van der Waals surface area contributed by atoms with Gasteiger partial charge >= 0.3 is 0 Å². The Kier molecular flexibility index (Phi) is 5.09. The smallest absolute Gasteiger partial charge is 0.196 e. The highest BCUT2D eigenvalue weighted by Gasteiger charge is 2.14. The number of aromatic nitrogens is 1. The Bertz CT molecular complexity index is 587. The zero-order valence-corrected chi connectivity index (χ0v) is 11.8. The third-order valence-electron chi connectivity index (χ3n) is 2.77. The summed E-state index contributed by atoms with van der Waals surface area (Å²) >= 11 is 5.51. The van der Waals surface area contributed by atoms with Gasteiger partial charge in [-0.05, 0) is 25.1 Å². The molecular formula is C14H15ClF2N2O. The van der Waals surface area contributed by atoms with Crippen LogP contribution in [0.3, 0.4) is 0 Å². The van der Waals surface area contributed by atoms with Gasteiger partial charge in [0, 0.05) is 13.0 Å². The van der Waals surface area contributed by atoms with Gasteiger partial charge in [0.05, 0.1) is 16.8 Å². The Morgan fingerprint density at radius 2 is 2.05 bits per heavy atom. The first-order valence-electron chi connectivity index (χ1n) is 6.42. The van der Waals surface area contributed by atoms with Crippen molar-refractivity contribution >= 4 is 11.6 Å². The molecule has 0 spiro atoms. The Morgan fingerprint density at radius 1 is 1.25 bits per heavy atom. The molecule has 0 radical (unpaired) electrons. The van der Waals surface area contributed by atoms with Gasteiger partial charge in [-0.25, -0.2) is 13.8 Å². The molecule has 1 aromatic carbocycles. The second kappa shape index (κ2) is 6.81. The minimum absolute atomic E-state index is 0.0205. The van der Waals surface area contributed by atoms with Crippen molar-refractivity contribution in [3.05, 3.63) is 40.9 Å². The van der Waals surface area contributed by atoms with Gasteiger partial charge in [0.25, 0.3) is 0 Å². The minimum Gasteiger partial charge on any atom is -0.441 e. The summed E-state index contributed by atoms with van der Waals surface area (Å²) in [5, 5.41) is 2.95. The number of nitrogens with one attached hydrogen (secondary N) is 1. The van der Waals surface area contributed by atoms with E-state index in [-0.39, 0.29) is 16.3 Å². The Labute approximate surface area is 121 Å². The van der Waals surface area contributed by atoms with Crippen LogP contribution < -0.4 is 5.32 Å². The summed E-state index contributed by atoms with van der Waals surface area (Å²) in [6, 6.07) is 1.94. The first kappa shape index (κ1) is 14.9.